The topological polar surface area (TPSA) is 42.0 Å². The fourth-order valence-corrected chi connectivity index (χ4v) is 3.41. The number of carbonyl (C=O) groups excluding carboxylic acids is 1. The van der Waals surface area contributed by atoms with E-state index in [1.165, 1.54) is 17.4 Å². The number of rotatable bonds is 3. The molecular formula is C14H9ClN2OS2. The minimum Gasteiger partial charge on any atom is -0.298 e. The zero-order chi connectivity index (χ0) is 13.9. The number of aromatic nitrogens is 1. The van der Waals surface area contributed by atoms with Crippen molar-refractivity contribution in [2.75, 3.05) is 5.32 Å². The van der Waals surface area contributed by atoms with Crippen molar-refractivity contribution in [2.45, 2.75) is 0 Å². The van der Waals surface area contributed by atoms with Crippen LogP contribution in [0.3, 0.4) is 0 Å². The minimum atomic E-state index is -0.191. The molecule has 6 heteroatoms. The number of amides is 1. The predicted molar refractivity (Wildman–Crippen MR) is 86.6 cm³/mol. The van der Waals surface area contributed by atoms with Gasteiger partial charge in [0.1, 0.15) is 0 Å². The summed E-state index contributed by atoms with van der Waals surface area (Å²) in [6, 6.07) is 9.36. The molecule has 1 N–H and O–H groups in total. The summed E-state index contributed by atoms with van der Waals surface area (Å²) < 4.78 is 0.954. The van der Waals surface area contributed by atoms with Gasteiger partial charge in [-0.3, -0.25) is 10.1 Å². The number of halogens is 1. The Labute approximate surface area is 128 Å². The van der Waals surface area contributed by atoms with Crippen molar-refractivity contribution in [3.8, 4) is 0 Å². The number of nitrogens with one attached hydrogen (secondary N) is 1. The van der Waals surface area contributed by atoms with Crippen molar-refractivity contribution in [2.24, 2.45) is 0 Å². The van der Waals surface area contributed by atoms with E-state index in [2.05, 4.69) is 10.3 Å². The number of hydrogen-bond acceptors (Lipinski definition) is 4. The Kier molecular flexibility index (Phi) is 3.82. The van der Waals surface area contributed by atoms with Gasteiger partial charge in [-0.1, -0.05) is 29.0 Å². The number of carbonyl (C=O) groups is 1. The molecule has 2 aromatic heterocycles. The Balaban J connectivity index is 1.74. The van der Waals surface area contributed by atoms with Crippen LogP contribution in [0.25, 0.3) is 16.3 Å². The van der Waals surface area contributed by atoms with Crippen LogP contribution in [0.15, 0.2) is 41.8 Å². The van der Waals surface area contributed by atoms with Gasteiger partial charge in [-0.15, -0.1) is 11.3 Å². The van der Waals surface area contributed by atoms with Gasteiger partial charge in [-0.05, 0) is 35.7 Å². The molecule has 0 atom stereocenters. The Bertz CT molecular complexity index is 778. The predicted octanol–water partition coefficient (Wildman–Crippen LogP) is 4.66. The average molecular weight is 321 g/mol. The third kappa shape index (κ3) is 3.07. The summed E-state index contributed by atoms with van der Waals surface area (Å²) in [5, 5.41) is 5.96. The van der Waals surface area contributed by atoms with Crippen molar-refractivity contribution >= 4 is 61.6 Å². The number of thiophene rings is 1. The van der Waals surface area contributed by atoms with Crippen LogP contribution < -0.4 is 5.32 Å². The molecule has 0 radical (unpaired) electrons. The molecule has 0 fully saturated rings. The summed E-state index contributed by atoms with van der Waals surface area (Å²) in [5.41, 5.74) is 0.830. The number of thiazole rings is 1. The van der Waals surface area contributed by atoms with Gasteiger partial charge < -0.3 is 0 Å². The maximum absolute atomic E-state index is 11.8. The third-order valence-electron chi connectivity index (χ3n) is 2.52. The molecular weight excluding hydrogens is 312 g/mol. The van der Waals surface area contributed by atoms with Crippen molar-refractivity contribution < 1.29 is 4.79 Å². The second-order valence-electron chi connectivity index (χ2n) is 3.97. The number of fused-ring (bicyclic) bond motifs is 1. The van der Waals surface area contributed by atoms with E-state index in [4.69, 9.17) is 11.6 Å². The van der Waals surface area contributed by atoms with E-state index in [1.807, 2.05) is 29.6 Å². The van der Waals surface area contributed by atoms with Crippen LogP contribution in [-0.2, 0) is 4.79 Å². The van der Waals surface area contributed by atoms with E-state index in [1.54, 1.807) is 23.5 Å². The van der Waals surface area contributed by atoms with Crippen LogP contribution in [0, 0.1) is 0 Å². The van der Waals surface area contributed by atoms with E-state index < -0.39 is 0 Å². The molecule has 1 amide bonds. The van der Waals surface area contributed by atoms with Crippen LogP contribution in [0.5, 0.6) is 0 Å². The Morgan fingerprint density at radius 2 is 2.25 bits per heavy atom. The fourth-order valence-electron chi connectivity index (χ4n) is 1.64. The molecule has 0 aliphatic rings. The molecule has 0 aliphatic carbocycles. The molecule has 0 aliphatic heterocycles. The van der Waals surface area contributed by atoms with E-state index in [0.29, 0.717) is 10.2 Å². The molecule has 20 heavy (non-hydrogen) atoms. The third-order valence-corrected chi connectivity index (χ3v) is 4.53. The van der Waals surface area contributed by atoms with Crippen LogP contribution in [0.4, 0.5) is 5.13 Å². The fraction of sp³-hybridized carbons (Fsp3) is 0. The molecule has 0 unspecified atom stereocenters. The van der Waals surface area contributed by atoms with Gasteiger partial charge in [-0.25, -0.2) is 4.98 Å². The number of hydrogen-bond donors (Lipinski definition) is 1. The highest BCUT2D eigenvalue weighted by molar-refractivity contribution is 7.22. The van der Waals surface area contributed by atoms with E-state index >= 15 is 0 Å². The molecule has 2 heterocycles. The quantitative estimate of drug-likeness (QED) is 0.713. The maximum Gasteiger partial charge on any atom is 0.250 e. The molecule has 0 bridgehead atoms. The minimum absolute atomic E-state index is 0.191. The van der Waals surface area contributed by atoms with Gasteiger partial charge in [0, 0.05) is 16.0 Å². The van der Waals surface area contributed by atoms with E-state index in [-0.39, 0.29) is 5.91 Å². The number of nitrogens with zero attached hydrogens (tertiary/aromatic N) is 1. The first kappa shape index (κ1) is 13.3. The zero-order valence-electron chi connectivity index (χ0n) is 10.2. The second-order valence-corrected chi connectivity index (χ2v) is 6.42. The molecule has 3 rings (SSSR count). The van der Waals surface area contributed by atoms with Gasteiger partial charge in [0.05, 0.1) is 10.2 Å². The molecule has 3 aromatic rings. The van der Waals surface area contributed by atoms with Gasteiger partial charge >= 0.3 is 0 Å². The number of benzene rings is 1. The standard InChI is InChI=1S/C14H9ClN2OS2/c15-9-3-5-11-12(8-9)20-14(16-11)17-13(18)6-4-10-2-1-7-19-10/h1-8H,(H,16,17,18)/b6-4+. The first-order valence-corrected chi connectivity index (χ1v) is 7.87. The molecule has 3 nitrogen and oxygen atoms in total. The first-order chi connectivity index (χ1) is 9.70. The lowest BCUT2D eigenvalue weighted by molar-refractivity contribution is -0.111. The van der Waals surface area contributed by atoms with Crippen molar-refractivity contribution in [1.82, 2.24) is 4.98 Å². The summed E-state index contributed by atoms with van der Waals surface area (Å²) in [6.45, 7) is 0. The van der Waals surface area contributed by atoms with Gasteiger partial charge in [0.15, 0.2) is 5.13 Å². The van der Waals surface area contributed by atoms with Crippen LogP contribution in [0.1, 0.15) is 4.88 Å². The average Bonchev–Trinajstić information content (AvgIpc) is 3.04. The first-order valence-electron chi connectivity index (χ1n) is 5.79. The van der Waals surface area contributed by atoms with Crippen molar-refractivity contribution in [3.63, 3.8) is 0 Å². The largest absolute Gasteiger partial charge is 0.298 e. The van der Waals surface area contributed by atoms with Gasteiger partial charge in [0.2, 0.25) is 5.91 Å². The summed E-state index contributed by atoms with van der Waals surface area (Å²) in [6.07, 6.45) is 3.29. The summed E-state index contributed by atoms with van der Waals surface area (Å²) in [5.74, 6) is -0.191. The summed E-state index contributed by atoms with van der Waals surface area (Å²) in [4.78, 5) is 17.2. The highest BCUT2D eigenvalue weighted by atomic mass is 35.5. The highest BCUT2D eigenvalue weighted by Crippen LogP contribution is 2.28. The van der Waals surface area contributed by atoms with Gasteiger partial charge in [-0.2, -0.15) is 0 Å². The molecule has 100 valence electrons. The van der Waals surface area contributed by atoms with E-state index in [9.17, 15) is 4.79 Å². The number of anilines is 1. The van der Waals surface area contributed by atoms with Crippen molar-refractivity contribution in [1.29, 1.82) is 0 Å². The highest BCUT2D eigenvalue weighted by Gasteiger charge is 2.06. The molecule has 0 saturated carbocycles. The van der Waals surface area contributed by atoms with Gasteiger partial charge in [0.25, 0.3) is 0 Å². The summed E-state index contributed by atoms with van der Waals surface area (Å²) >= 11 is 8.91. The van der Waals surface area contributed by atoms with Crippen molar-refractivity contribution in [3.05, 3.63) is 51.7 Å². The molecule has 0 saturated heterocycles. The monoisotopic (exact) mass is 320 g/mol. The lowest BCUT2D eigenvalue weighted by Crippen LogP contribution is -2.06. The smallest absolute Gasteiger partial charge is 0.250 e. The zero-order valence-corrected chi connectivity index (χ0v) is 12.6. The van der Waals surface area contributed by atoms with E-state index in [0.717, 1.165) is 15.1 Å². The Hall–Kier alpha value is -1.69. The lowest BCUT2D eigenvalue weighted by Gasteiger charge is -1.94. The Morgan fingerprint density at radius 3 is 3.05 bits per heavy atom. The normalized spacial score (nSPS) is 11.2. The van der Waals surface area contributed by atoms with Crippen LogP contribution >= 0.6 is 34.3 Å². The van der Waals surface area contributed by atoms with Crippen LogP contribution in [0.2, 0.25) is 5.02 Å². The SMILES string of the molecule is O=C(/C=C/c1cccs1)Nc1nc2ccc(Cl)cc2s1. The molecule has 0 spiro atoms. The lowest BCUT2D eigenvalue weighted by atomic mass is 10.3. The second kappa shape index (κ2) is 5.75. The summed E-state index contributed by atoms with van der Waals surface area (Å²) in [7, 11) is 0. The van der Waals surface area contributed by atoms with Crippen LogP contribution in [-0.4, -0.2) is 10.9 Å². The molecule has 1 aromatic carbocycles. The Morgan fingerprint density at radius 1 is 1.35 bits per heavy atom. The maximum atomic E-state index is 11.8.